The molecule has 4 heterocycles. The van der Waals surface area contributed by atoms with Crippen molar-refractivity contribution < 1.29 is 19.8 Å². The molecule has 0 saturated carbocycles. The number of β-lactam (4-membered cyclic amide) rings is 1. The highest BCUT2D eigenvalue weighted by Gasteiger charge is 2.59. The Hall–Kier alpha value is -2.52. The molecule has 4 N–H and O–H groups in total. The topological polar surface area (TPSA) is 121 Å². The summed E-state index contributed by atoms with van der Waals surface area (Å²) in [5.74, 6) is -0.829. The number of aliphatic carboxylic acids is 1. The molecule has 2 aromatic heterocycles. The second-order valence-electron chi connectivity index (χ2n) is 7.28. The molecule has 28 heavy (non-hydrogen) atoms. The number of aliphatic hydroxyl groups excluding tert-OH is 1. The lowest BCUT2D eigenvalue weighted by atomic mass is 9.79. The van der Waals surface area contributed by atoms with Gasteiger partial charge in [0.05, 0.1) is 23.8 Å². The van der Waals surface area contributed by atoms with Crippen LogP contribution in [0.4, 0.5) is 5.82 Å². The van der Waals surface area contributed by atoms with Crippen molar-refractivity contribution in [3.63, 3.8) is 0 Å². The Morgan fingerprint density at radius 1 is 1.43 bits per heavy atom. The van der Waals surface area contributed by atoms with Crippen molar-refractivity contribution in [2.24, 2.45) is 11.8 Å². The number of carboxylic acids is 1. The number of anilines is 1. The van der Waals surface area contributed by atoms with Crippen LogP contribution < -0.4 is 5.73 Å². The van der Waals surface area contributed by atoms with Crippen molar-refractivity contribution in [2.75, 3.05) is 11.5 Å². The smallest absolute Gasteiger partial charge is 0.353 e. The molecule has 2 aromatic rings. The first-order chi connectivity index (χ1) is 13.3. The van der Waals surface area contributed by atoms with E-state index in [0.717, 1.165) is 11.3 Å². The summed E-state index contributed by atoms with van der Waals surface area (Å²) in [4.78, 5) is 30.7. The van der Waals surface area contributed by atoms with Crippen molar-refractivity contribution in [3.05, 3.63) is 40.7 Å². The molecule has 0 spiro atoms. The average molecular weight is 402 g/mol. The van der Waals surface area contributed by atoms with Gasteiger partial charge in [-0.15, -0.1) is 11.8 Å². The zero-order chi connectivity index (χ0) is 20.2. The van der Waals surface area contributed by atoms with Gasteiger partial charge in [0.25, 0.3) is 0 Å². The molecule has 0 unspecified atom stereocenters. The predicted octanol–water partition coefficient (Wildman–Crippen LogP) is 1.35. The Balaban J connectivity index is 1.51. The van der Waals surface area contributed by atoms with Gasteiger partial charge in [-0.3, -0.25) is 9.20 Å². The fraction of sp³-hybridized carbons (Fsp3) is 0.421. The number of nitrogens with two attached hydrogens (primary N) is 1. The van der Waals surface area contributed by atoms with Crippen molar-refractivity contribution >= 4 is 35.1 Å². The van der Waals surface area contributed by atoms with E-state index in [1.54, 1.807) is 13.0 Å². The molecule has 1 saturated heterocycles. The van der Waals surface area contributed by atoms with Crippen LogP contribution in [0, 0.1) is 11.8 Å². The number of aliphatic hydroxyl groups is 1. The number of carbonyl (C=O) groups excluding carboxylic acids is 1. The molecule has 1 fully saturated rings. The minimum absolute atomic E-state index is 0.0589. The molecule has 0 aromatic carbocycles. The summed E-state index contributed by atoms with van der Waals surface area (Å²) in [5, 5.41) is 19.5. The van der Waals surface area contributed by atoms with Crippen LogP contribution in [0.5, 0.6) is 0 Å². The second kappa shape index (κ2) is 6.82. The van der Waals surface area contributed by atoms with Crippen molar-refractivity contribution in [3.8, 4) is 0 Å². The summed E-state index contributed by atoms with van der Waals surface area (Å²) < 4.78 is 1.82. The van der Waals surface area contributed by atoms with Crippen LogP contribution in [-0.4, -0.2) is 54.3 Å². The monoisotopic (exact) mass is 402 g/mol. The Morgan fingerprint density at radius 2 is 2.18 bits per heavy atom. The number of thioether (sulfide) groups is 1. The van der Waals surface area contributed by atoms with Gasteiger partial charge in [0, 0.05) is 29.2 Å². The third-order valence-corrected chi connectivity index (χ3v) is 6.78. The fourth-order valence-electron chi connectivity index (χ4n) is 4.18. The van der Waals surface area contributed by atoms with Gasteiger partial charge in [-0.1, -0.05) is 13.0 Å². The van der Waals surface area contributed by atoms with E-state index < -0.39 is 18.0 Å². The summed E-state index contributed by atoms with van der Waals surface area (Å²) in [6.45, 7) is 3.50. The van der Waals surface area contributed by atoms with E-state index in [1.165, 1.54) is 16.7 Å². The van der Waals surface area contributed by atoms with Crippen molar-refractivity contribution in [2.45, 2.75) is 32.4 Å². The Morgan fingerprint density at radius 3 is 2.82 bits per heavy atom. The summed E-state index contributed by atoms with van der Waals surface area (Å²) in [5.41, 5.74) is 7.64. The summed E-state index contributed by atoms with van der Waals surface area (Å²) >= 11 is 1.44. The van der Waals surface area contributed by atoms with E-state index in [9.17, 15) is 19.8 Å². The number of fused-ring (bicyclic) bond motifs is 2. The number of nitrogens with zero attached hydrogens (tertiary/aromatic N) is 3. The zero-order valence-electron chi connectivity index (χ0n) is 15.6. The van der Waals surface area contributed by atoms with Crippen LogP contribution in [-0.2, 0) is 16.0 Å². The number of carbonyl (C=O) groups is 2. The van der Waals surface area contributed by atoms with Crippen LogP contribution in [0.1, 0.15) is 19.5 Å². The lowest BCUT2D eigenvalue weighted by Gasteiger charge is -2.46. The Kier molecular flexibility index (Phi) is 4.59. The van der Waals surface area contributed by atoms with E-state index in [0.29, 0.717) is 22.9 Å². The molecule has 0 aliphatic carbocycles. The van der Waals surface area contributed by atoms with Gasteiger partial charge in [0.2, 0.25) is 5.91 Å². The molecule has 8 nitrogen and oxygen atoms in total. The summed E-state index contributed by atoms with van der Waals surface area (Å²) in [6, 6.07) is 5.25. The third kappa shape index (κ3) is 2.77. The fourth-order valence-corrected chi connectivity index (χ4v) is 5.44. The normalized spacial score (nSPS) is 25.2. The van der Waals surface area contributed by atoms with Crippen LogP contribution in [0.25, 0.3) is 5.65 Å². The number of amides is 1. The molecule has 2 aliphatic rings. The standard InChI is InChI=1S/C19H22N4O4S/c1-9-15-14(10(2)24)18(25)23(15)16(19(26)27)17(9)28-7-6-11-8-22-12(20)4-3-5-13(22)21-11/h3-5,8-10,14-15,24H,6-7,20H2,1-2H3,(H,26,27)/t9-,10-,14-,15-/m1/s1. The number of aromatic nitrogens is 2. The van der Waals surface area contributed by atoms with Gasteiger partial charge in [-0.05, 0) is 19.1 Å². The van der Waals surface area contributed by atoms with E-state index in [1.807, 2.05) is 29.7 Å². The van der Waals surface area contributed by atoms with E-state index in [4.69, 9.17) is 5.73 Å². The first-order valence-corrected chi connectivity index (χ1v) is 10.1. The predicted molar refractivity (Wildman–Crippen MR) is 105 cm³/mol. The maximum atomic E-state index is 12.4. The second-order valence-corrected chi connectivity index (χ2v) is 8.42. The van der Waals surface area contributed by atoms with Crippen LogP contribution in [0.3, 0.4) is 0 Å². The molecule has 148 valence electrons. The van der Waals surface area contributed by atoms with E-state index >= 15 is 0 Å². The van der Waals surface area contributed by atoms with Crippen molar-refractivity contribution in [1.82, 2.24) is 14.3 Å². The number of nitrogen functional groups attached to an aromatic ring is 1. The highest BCUT2D eigenvalue weighted by Crippen LogP contribution is 2.50. The maximum absolute atomic E-state index is 12.4. The molecule has 1 amide bonds. The SMILES string of the molecule is C[C@@H](O)[C@H]1C(=O)N2C(C(=O)O)=C(SCCc3cn4c(N)cccc4n3)[C@H](C)[C@H]12. The first kappa shape index (κ1) is 18.8. The highest BCUT2D eigenvalue weighted by atomic mass is 32.2. The minimum atomic E-state index is -1.10. The third-order valence-electron chi connectivity index (χ3n) is 5.50. The zero-order valence-corrected chi connectivity index (χ0v) is 16.4. The summed E-state index contributed by atoms with van der Waals surface area (Å²) in [7, 11) is 0. The van der Waals surface area contributed by atoms with Crippen molar-refractivity contribution in [1.29, 1.82) is 0 Å². The lowest BCUT2D eigenvalue weighted by molar-refractivity contribution is -0.163. The molecule has 9 heteroatoms. The number of pyridine rings is 1. The van der Waals surface area contributed by atoms with Crippen LogP contribution in [0.2, 0.25) is 0 Å². The minimum Gasteiger partial charge on any atom is -0.477 e. The molecule has 2 aliphatic heterocycles. The number of aryl methyl sites for hydroxylation is 1. The number of hydrogen-bond donors (Lipinski definition) is 3. The lowest BCUT2D eigenvalue weighted by Crippen LogP contribution is -2.63. The van der Waals surface area contributed by atoms with E-state index in [2.05, 4.69) is 4.98 Å². The van der Waals surface area contributed by atoms with Gasteiger partial charge >= 0.3 is 5.97 Å². The van der Waals surface area contributed by atoms with Gasteiger partial charge in [0.1, 0.15) is 17.2 Å². The van der Waals surface area contributed by atoms with Gasteiger partial charge in [-0.2, -0.15) is 0 Å². The molecular formula is C19H22N4O4S. The highest BCUT2D eigenvalue weighted by molar-refractivity contribution is 8.03. The molecule has 0 radical (unpaired) electrons. The van der Waals surface area contributed by atoms with Crippen LogP contribution in [0.15, 0.2) is 35.0 Å². The first-order valence-electron chi connectivity index (χ1n) is 9.15. The maximum Gasteiger partial charge on any atom is 0.353 e. The number of hydrogen-bond acceptors (Lipinski definition) is 6. The molecule has 0 bridgehead atoms. The van der Waals surface area contributed by atoms with E-state index in [-0.39, 0.29) is 23.6 Å². The quantitative estimate of drug-likeness (QED) is 0.624. The van der Waals surface area contributed by atoms with Gasteiger partial charge in [-0.25, -0.2) is 9.78 Å². The molecule has 4 rings (SSSR count). The van der Waals surface area contributed by atoms with Gasteiger partial charge in [0.15, 0.2) is 0 Å². The largest absolute Gasteiger partial charge is 0.477 e. The molecule has 4 atom stereocenters. The van der Waals surface area contributed by atoms with Gasteiger partial charge < -0.3 is 20.8 Å². The van der Waals surface area contributed by atoms with Crippen LogP contribution >= 0.6 is 11.8 Å². The number of rotatable bonds is 6. The molecular weight excluding hydrogens is 380 g/mol. The number of imidazole rings is 1. The Labute approximate surface area is 166 Å². The average Bonchev–Trinajstić information content (AvgIpc) is 3.14. The Bertz CT molecular complexity index is 999. The summed E-state index contributed by atoms with van der Waals surface area (Å²) in [6.07, 6.45) is 1.74. The number of carboxylic acid groups (broad SMARTS) is 1.